The quantitative estimate of drug-likeness (QED) is 0.788. The van der Waals surface area contributed by atoms with Crippen molar-refractivity contribution >= 4 is 16.0 Å². The molecule has 26 heavy (non-hydrogen) atoms. The molecule has 0 amide bonds. The second kappa shape index (κ2) is 7.70. The summed E-state index contributed by atoms with van der Waals surface area (Å²) in [6, 6.07) is 9.98. The molecule has 9 heteroatoms. The molecule has 0 atom stereocenters. The number of nitrogens with zero attached hydrogens (tertiary/aromatic N) is 2. The Morgan fingerprint density at radius 2 is 2.08 bits per heavy atom. The van der Waals surface area contributed by atoms with E-state index in [2.05, 4.69) is 4.98 Å². The van der Waals surface area contributed by atoms with Crippen LogP contribution >= 0.6 is 0 Å². The van der Waals surface area contributed by atoms with Crippen molar-refractivity contribution in [3.05, 3.63) is 53.3 Å². The Morgan fingerprint density at radius 1 is 1.31 bits per heavy atom. The average Bonchev–Trinajstić information content (AvgIpc) is 3.18. The van der Waals surface area contributed by atoms with Crippen molar-refractivity contribution in [2.75, 3.05) is 26.3 Å². The predicted molar refractivity (Wildman–Crippen MR) is 90.6 cm³/mol. The minimum atomic E-state index is -3.67. The van der Waals surface area contributed by atoms with Crippen LogP contribution in [0.5, 0.6) is 0 Å². The van der Waals surface area contributed by atoms with Gasteiger partial charge >= 0.3 is 5.97 Å². The summed E-state index contributed by atoms with van der Waals surface area (Å²) in [5.41, 5.74) is 1.19. The molecule has 1 aromatic heterocycles. The van der Waals surface area contributed by atoms with Gasteiger partial charge < -0.3 is 14.5 Å². The molecule has 0 bridgehead atoms. The molecule has 3 rings (SSSR count). The van der Waals surface area contributed by atoms with Crippen molar-refractivity contribution in [3.8, 4) is 6.07 Å². The molecule has 8 nitrogen and oxygen atoms in total. The highest BCUT2D eigenvalue weighted by molar-refractivity contribution is 7.89. The van der Waals surface area contributed by atoms with Gasteiger partial charge in [0.2, 0.25) is 10.0 Å². The number of sulfonamides is 1. The van der Waals surface area contributed by atoms with Gasteiger partial charge in [0.05, 0.1) is 24.8 Å². The number of rotatable bonds is 5. The number of hydrogen-bond donors (Lipinski definition) is 1. The molecule has 2 heterocycles. The standard InChI is InChI=1S/C17H17N3O5S/c18-10-13-2-1-3-14(8-13)12-25-17(21)16-9-15(11-19-16)26(22,23)20-4-6-24-7-5-20/h1-3,8-9,11,19H,4-7,12H2. The van der Waals surface area contributed by atoms with E-state index < -0.39 is 16.0 Å². The Hall–Kier alpha value is -2.67. The van der Waals surface area contributed by atoms with Crippen molar-refractivity contribution in [1.82, 2.24) is 9.29 Å². The molecular weight excluding hydrogens is 358 g/mol. The maximum absolute atomic E-state index is 12.5. The molecule has 1 saturated heterocycles. The number of aromatic nitrogens is 1. The normalized spacial score (nSPS) is 15.3. The topological polar surface area (TPSA) is 112 Å². The van der Waals surface area contributed by atoms with E-state index in [0.717, 1.165) is 0 Å². The Balaban J connectivity index is 1.67. The zero-order valence-corrected chi connectivity index (χ0v) is 14.7. The number of nitriles is 1. The molecular formula is C17H17N3O5S. The van der Waals surface area contributed by atoms with E-state index in [1.807, 2.05) is 6.07 Å². The predicted octanol–water partition coefficient (Wildman–Crippen LogP) is 1.26. The van der Waals surface area contributed by atoms with Crippen LogP contribution in [0.2, 0.25) is 0 Å². The molecule has 0 aliphatic carbocycles. The summed E-state index contributed by atoms with van der Waals surface area (Å²) in [6.45, 7) is 1.24. The van der Waals surface area contributed by atoms with Gasteiger partial charge in [-0.2, -0.15) is 9.57 Å². The van der Waals surface area contributed by atoms with Crippen LogP contribution in [0.15, 0.2) is 41.4 Å². The SMILES string of the molecule is N#Cc1cccc(COC(=O)c2cc(S(=O)(=O)N3CCOCC3)c[nH]2)c1. The zero-order valence-electron chi connectivity index (χ0n) is 13.8. The fourth-order valence-electron chi connectivity index (χ4n) is 2.53. The molecule has 0 saturated carbocycles. The first-order valence-electron chi connectivity index (χ1n) is 7.93. The first-order valence-corrected chi connectivity index (χ1v) is 9.37. The molecule has 1 fully saturated rings. The summed E-state index contributed by atoms with van der Waals surface area (Å²) < 4.78 is 36.7. The summed E-state index contributed by atoms with van der Waals surface area (Å²) in [7, 11) is -3.67. The number of carbonyl (C=O) groups is 1. The fourth-order valence-corrected chi connectivity index (χ4v) is 3.94. The minimum absolute atomic E-state index is 0.0119. The average molecular weight is 375 g/mol. The van der Waals surface area contributed by atoms with Crippen LogP contribution in [0, 0.1) is 11.3 Å². The summed E-state index contributed by atoms with van der Waals surface area (Å²) in [5.74, 6) is -0.671. The van der Waals surface area contributed by atoms with Crippen molar-refractivity contribution in [3.63, 3.8) is 0 Å². The molecule has 0 unspecified atom stereocenters. The lowest BCUT2D eigenvalue weighted by Crippen LogP contribution is -2.40. The Bertz CT molecular complexity index is 939. The third kappa shape index (κ3) is 3.94. The largest absolute Gasteiger partial charge is 0.456 e. The van der Waals surface area contributed by atoms with E-state index in [9.17, 15) is 13.2 Å². The van der Waals surface area contributed by atoms with Gasteiger partial charge in [-0.1, -0.05) is 12.1 Å². The van der Waals surface area contributed by atoms with Crippen LogP contribution < -0.4 is 0 Å². The molecule has 1 N–H and O–H groups in total. The number of carbonyl (C=O) groups excluding carboxylic acids is 1. The van der Waals surface area contributed by atoms with Gasteiger partial charge in [-0.3, -0.25) is 0 Å². The van der Waals surface area contributed by atoms with Gasteiger partial charge in [-0.25, -0.2) is 13.2 Å². The number of nitrogens with one attached hydrogen (secondary N) is 1. The van der Waals surface area contributed by atoms with Gasteiger partial charge in [-0.15, -0.1) is 0 Å². The molecule has 0 radical (unpaired) electrons. The molecule has 2 aromatic rings. The van der Waals surface area contributed by atoms with Crippen LogP contribution in [0.3, 0.4) is 0 Å². The highest BCUT2D eigenvalue weighted by atomic mass is 32.2. The van der Waals surface area contributed by atoms with Crippen LogP contribution in [0.1, 0.15) is 21.6 Å². The lowest BCUT2D eigenvalue weighted by Gasteiger charge is -2.25. The van der Waals surface area contributed by atoms with Crippen molar-refractivity contribution in [1.29, 1.82) is 5.26 Å². The molecule has 0 spiro atoms. The summed E-state index contributed by atoms with van der Waals surface area (Å²) >= 11 is 0. The third-order valence-corrected chi connectivity index (χ3v) is 5.79. The van der Waals surface area contributed by atoms with E-state index in [-0.39, 0.29) is 30.3 Å². The first-order chi connectivity index (χ1) is 12.5. The first kappa shape index (κ1) is 18.1. The minimum Gasteiger partial charge on any atom is -0.456 e. The second-order valence-corrected chi connectivity index (χ2v) is 7.59. The number of H-pyrrole nitrogens is 1. The highest BCUT2D eigenvalue weighted by Gasteiger charge is 2.28. The summed E-state index contributed by atoms with van der Waals surface area (Å²) in [5, 5.41) is 8.87. The number of morpholine rings is 1. The number of benzene rings is 1. The lowest BCUT2D eigenvalue weighted by atomic mass is 10.1. The van der Waals surface area contributed by atoms with Gasteiger partial charge in [0.1, 0.15) is 17.2 Å². The molecule has 136 valence electrons. The zero-order chi connectivity index (χ0) is 18.6. The molecule has 1 aliphatic rings. The van der Waals surface area contributed by atoms with Crippen LogP contribution in [-0.2, 0) is 26.1 Å². The van der Waals surface area contributed by atoms with E-state index in [1.165, 1.54) is 16.6 Å². The van der Waals surface area contributed by atoms with Gasteiger partial charge in [-0.05, 0) is 23.8 Å². The Labute approximate surface area is 151 Å². The monoisotopic (exact) mass is 375 g/mol. The van der Waals surface area contributed by atoms with Crippen molar-refractivity contribution in [2.24, 2.45) is 0 Å². The van der Waals surface area contributed by atoms with Crippen LogP contribution in [0.4, 0.5) is 0 Å². The number of hydrogen-bond acceptors (Lipinski definition) is 6. The van der Waals surface area contributed by atoms with E-state index >= 15 is 0 Å². The summed E-state index contributed by atoms with van der Waals surface area (Å²) in [4.78, 5) is 14.8. The van der Waals surface area contributed by atoms with Gasteiger partial charge in [0, 0.05) is 19.3 Å². The van der Waals surface area contributed by atoms with Gasteiger partial charge in [0.25, 0.3) is 0 Å². The lowest BCUT2D eigenvalue weighted by molar-refractivity contribution is 0.0466. The number of aromatic amines is 1. The van der Waals surface area contributed by atoms with E-state index in [0.29, 0.717) is 24.3 Å². The van der Waals surface area contributed by atoms with E-state index in [4.69, 9.17) is 14.7 Å². The van der Waals surface area contributed by atoms with Crippen LogP contribution in [-0.4, -0.2) is 50.0 Å². The maximum Gasteiger partial charge on any atom is 0.355 e. The summed E-state index contributed by atoms with van der Waals surface area (Å²) in [6.07, 6.45) is 1.28. The molecule has 1 aliphatic heterocycles. The van der Waals surface area contributed by atoms with Crippen molar-refractivity contribution in [2.45, 2.75) is 11.5 Å². The Kier molecular flexibility index (Phi) is 5.37. The highest BCUT2D eigenvalue weighted by Crippen LogP contribution is 2.18. The van der Waals surface area contributed by atoms with Gasteiger partial charge in [0.15, 0.2) is 0 Å². The maximum atomic E-state index is 12.5. The Morgan fingerprint density at radius 3 is 2.81 bits per heavy atom. The second-order valence-electron chi connectivity index (χ2n) is 5.65. The van der Waals surface area contributed by atoms with Crippen molar-refractivity contribution < 1.29 is 22.7 Å². The third-order valence-electron chi connectivity index (χ3n) is 3.91. The smallest absolute Gasteiger partial charge is 0.355 e. The fraction of sp³-hybridized carbons (Fsp3) is 0.294. The number of esters is 1. The molecule has 1 aromatic carbocycles. The van der Waals surface area contributed by atoms with Crippen LogP contribution in [0.25, 0.3) is 0 Å². The number of ether oxygens (including phenoxy) is 2. The van der Waals surface area contributed by atoms with E-state index in [1.54, 1.807) is 24.3 Å².